The van der Waals surface area contributed by atoms with Gasteiger partial charge in [0.05, 0.1) is 28.7 Å². The number of benzene rings is 2. The van der Waals surface area contributed by atoms with Crippen LogP contribution in [0, 0.1) is 11.3 Å². The van der Waals surface area contributed by atoms with Crippen molar-refractivity contribution in [3.8, 4) is 17.3 Å². The zero-order valence-electron chi connectivity index (χ0n) is 21.3. The standard InChI is InChI=1S/C28H32N6O3S/c29-15-11-22-3-5-23(6-4-22)26-12-16-30-27(32-26)31-24-7-9-25(10-8-24)38(36,37)34-19-13-28(35,14-20-34)21-33-17-1-2-18-33/h3-10,12,16,35H,1-2,11,13-14,17-21H2,(H,30,31,32). The molecule has 0 saturated carbocycles. The number of hydrogen-bond acceptors (Lipinski definition) is 8. The zero-order chi connectivity index (χ0) is 26.6. The smallest absolute Gasteiger partial charge is 0.243 e. The first-order valence-electron chi connectivity index (χ1n) is 13.0. The topological polar surface area (TPSA) is 122 Å². The SMILES string of the molecule is N#CCc1ccc(-c2ccnc(Nc3ccc(S(=O)(=O)N4CCC(O)(CN5CCCC5)CC4)cc3)n2)cc1. The molecule has 38 heavy (non-hydrogen) atoms. The van der Waals surface area contributed by atoms with Gasteiger partial charge in [0.15, 0.2) is 0 Å². The Balaban J connectivity index is 1.21. The van der Waals surface area contributed by atoms with Gasteiger partial charge in [-0.1, -0.05) is 24.3 Å². The molecule has 0 radical (unpaired) electrons. The maximum atomic E-state index is 13.2. The van der Waals surface area contributed by atoms with Gasteiger partial charge in [0, 0.05) is 37.1 Å². The summed E-state index contributed by atoms with van der Waals surface area (Å²) in [5.41, 5.74) is 2.44. The summed E-state index contributed by atoms with van der Waals surface area (Å²) in [6.07, 6.45) is 5.23. The molecule has 198 valence electrons. The lowest BCUT2D eigenvalue weighted by molar-refractivity contribution is -0.0284. The van der Waals surface area contributed by atoms with E-state index >= 15 is 0 Å². The van der Waals surface area contributed by atoms with Crippen molar-refractivity contribution in [2.24, 2.45) is 0 Å². The van der Waals surface area contributed by atoms with Crippen molar-refractivity contribution in [2.45, 2.75) is 42.6 Å². The van der Waals surface area contributed by atoms with E-state index in [4.69, 9.17) is 5.26 Å². The first-order chi connectivity index (χ1) is 18.3. The molecular weight excluding hydrogens is 500 g/mol. The monoisotopic (exact) mass is 532 g/mol. The molecule has 3 heterocycles. The van der Waals surface area contributed by atoms with Crippen molar-refractivity contribution >= 4 is 21.7 Å². The molecule has 0 spiro atoms. The highest BCUT2D eigenvalue weighted by molar-refractivity contribution is 7.89. The number of nitriles is 1. The highest BCUT2D eigenvalue weighted by Gasteiger charge is 2.38. The third-order valence-electron chi connectivity index (χ3n) is 7.31. The molecule has 3 aromatic rings. The number of sulfonamides is 1. The van der Waals surface area contributed by atoms with Gasteiger partial charge < -0.3 is 15.3 Å². The number of aromatic nitrogens is 2. The minimum Gasteiger partial charge on any atom is -0.388 e. The Hall–Kier alpha value is -3.36. The minimum absolute atomic E-state index is 0.222. The summed E-state index contributed by atoms with van der Waals surface area (Å²) in [4.78, 5) is 11.4. The second-order valence-electron chi connectivity index (χ2n) is 10.1. The number of nitrogens with zero attached hydrogens (tertiary/aromatic N) is 5. The molecule has 2 aromatic carbocycles. The third kappa shape index (κ3) is 6.03. The van der Waals surface area contributed by atoms with E-state index in [1.165, 1.54) is 4.31 Å². The molecule has 5 rings (SSSR count). The maximum absolute atomic E-state index is 13.2. The van der Waals surface area contributed by atoms with Crippen molar-refractivity contribution in [2.75, 3.05) is 38.0 Å². The Labute approximate surface area is 223 Å². The summed E-state index contributed by atoms with van der Waals surface area (Å²) >= 11 is 0. The number of aliphatic hydroxyl groups is 1. The molecule has 2 fully saturated rings. The molecule has 2 aliphatic rings. The van der Waals surface area contributed by atoms with Crippen molar-refractivity contribution in [3.05, 3.63) is 66.4 Å². The van der Waals surface area contributed by atoms with Crippen LogP contribution in [0.3, 0.4) is 0 Å². The fraction of sp³-hybridized carbons (Fsp3) is 0.393. The Morgan fingerprint density at radius 1 is 0.974 bits per heavy atom. The van der Waals surface area contributed by atoms with Gasteiger partial charge in [-0.25, -0.2) is 18.4 Å². The normalized spacial score (nSPS) is 18.2. The molecule has 2 N–H and O–H groups in total. The lowest BCUT2D eigenvalue weighted by atomic mass is 9.92. The maximum Gasteiger partial charge on any atom is 0.243 e. The molecule has 0 aliphatic carbocycles. The molecule has 10 heteroatoms. The predicted molar refractivity (Wildman–Crippen MR) is 145 cm³/mol. The largest absolute Gasteiger partial charge is 0.388 e. The third-order valence-corrected chi connectivity index (χ3v) is 9.22. The molecule has 2 saturated heterocycles. The first-order valence-corrected chi connectivity index (χ1v) is 14.4. The van der Waals surface area contributed by atoms with E-state index in [0.717, 1.165) is 42.8 Å². The molecule has 9 nitrogen and oxygen atoms in total. The molecule has 0 bridgehead atoms. The van der Waals surface area contributed by atoms with Crippen LogP contribution in [0.4, 0.5) is 11.6 Å². The van der Waals surface area contributed by atoms with Crippen LogP contribution in [-0.4, -0.2) is 71.0 Å². The van der Waals surface area contributed by atoms with Crippen molar-refractivity contribution < 1.29 is 13.5 Å². The summed E-state index contributed by atoms with van der Waals surface area (Å²) in [5, 5.41) is 23.0. The van der Waals surface area contributed by atoms with E-state index < -0.39 is 15.6 Å². The Morgan fingerprint density at radius 3 is 2.32 bits per heavy atom. The number of likely N-dealkylation sites (tertiary alicyclic amines) is 1. The Morgan fingerprint density at radius 2 is 1.66 bits per heavy atom. The molecule has 2 aliphatic heterocycles. The van der Waals surface area contributed by atoms with E-state index in [0.29, 0.717) is 50.5 Å². The molecule has 0 amide bonds. The van der Waals surface area contributed by atoms with Gasteiger partial charge in [-0.15, -0.1) is 0 Å². The lowest BCUT2D eigenvalue weighted by Crippen LogP contribution is -2.51. The summed E-state index contributed by atoms with van der Waals surface area (Å²) in [6.45, 7) is 3.26. The lowest BCUT2D eigenvalue weighted by Gasteiger charge is -2.39. The van der Waals surface area contributed by atoms with Crippen LogP contribution >= 0.6 is 0 Å². The highest BCUT2D eigenvalue weighted by atomic mass is 32.2. The average Bonchev–Trinajstić information content (AvgIpc) is 3.42. The quantitative estimate of drug-likeness (QED) is 0.452. The van der Waals surface area contributed by atoms with Crippen molar-refractivity contribution in [1.82, 2.24) is 19.2 Å². The minimum atomic E-state index is -3.65. The van der Waals surface area contributed by atoms with Crippen LogP contribution in [0.15, 0.2) is 65.7 Å². The molecular formula is C28H32N6O3S. The number of β-amino-alcohol motifs (C(OH)–C–C–N with tert-alkyl or cyclic N) is 1. The van der Waals surface area contributed by atoms with Gasteiger partial charge in [-0.05, 0) is 74.7 Å². The van der Waals surface area contributed by atoms with Crippen LogP contribution < -0.4 is 5.32 Å². The number of rotatable bonds is 8. The van der Waals surface area contributed by atoms with Crippen LogP contribution in [0.25, 0.3) is 11.3 Å². The van der Waals surface area contributed by atoms with E-state index in [1.54, 1.807) is 30.5 Å². The van der Waals surface area contributed by atoms with Gasteiger partial charge in [-0.2, -0.15) is 9.57 Å². The first kappa shape index (κ1) is 26.3. The van der Waals surface area contributed by atoms with E-state index in [-0.39, 0.29) is 4.90 Å². The van der Waals surface area contributed by atoms with Gasteiger partial charge in [0.1, 0.15) is 0 Å². The van der Waals surface area contributed by atoms with E-state index in [9.17, 15) is 13.5 Å². The number of nitrogens with one attached hydrogen (secondary N) is 1. The zero-order valence-corrected chi connectivity index (χ0v) is 22.1. The van der Waals surface area contributed by atoms with E-state index in [1.807, 2.05) is 30.3 Å². The Bertz CT molecular complexity index is 1390. The second-order valence-corrected chi connectivity index (χ2v) is 12.0. The van der Waals surface area contributed by atoms with Crippen LogP contribution in [0.2, 0.25) is 0 Å². The number of hydrogen-bond donors (Lipinski definition) is 2. The summed E-state index contributed by atoms with van der Waals surface area (Å²) in [6, 6.07) is 18.2. The second kappa shape index (κ2) is 11.2. The number of piperidine rings is 1. The van der Waals surface area contributed by atoms with Gasteiger partial charge >= 0.3 is 0 Å². The number of anilines is 2. The molecule has 0 atom stereocenters. The van der Waals surface area contributed by atoms with Gasteiger partial charge in [0.25, 0.3) is 0 Å². The summed E-state index contributed by atoms with van der Waals surface area (Å²) in [7, 11) is -3.65. The van der Waals surface area contributed by atoms with Crippen LogP contribution in [-0.2, 0) is 16.4 Å². The van der Waals surface area contributed by atoms with Crippen LogP contribution in [0.5, 0.6) is 0 Å². The fourth-order valence-corrected chi connectivity index (χ4v) is 6.55. The van der Waals surface area contributed by atoms with Crippen LogP contribution in [0.1, 0.15) is 31.2 Å². The summed E-state index contributed by atoms with van der Waals surface area (Å²) in [5.74, 6) is 0.396. The van der Waals surface area contributed by atoms with Gasteiger partial charge in [-0.3, -0.25) is 0 Å². The Kier molecular flexibility index (Phi) is 7.72. The molecule has 1 aromatic heterocycles. The van der Waals surface area contributed by atoms with Gasteiger partial charge in [0.2, 0.25) is 16.0 Å². The van der Waals surface area contributed by atoms with Crippen molar-refractivity contribution in [1.29, 1.82) is 5.26 Å². The van der Waals surface area contributed by atoms with Crippen molar-refractivity contribution in [3.63, 3.8) is 0 Å². The average molecular weight is 533 g/mol. The highest BCUT2D eigenvalue weighted by Crippen LogP contribution is 2.29. The van der Waals surface area contributed by atoms with E-state index in [2.05, 4.69) is 26.3 Å². The summed E-state index contributed by atoms with van der Waals surface area (Å²) < 4.78 is 28.0. The predicted octanol–water partition coefficient (Wildman–Crippen LogP) is 3.56. The molecule has 0 unspecified atom stereocenters. The fourth-order valence-electron chi connectivity index (χ4n) is 5.11.